The molecule has 5 nitrogen and oxygen atoms in total. The Morgan fingerprint density at radius 3 is 2.30 bits per heavy atom. The molecule has 1 heterocycles. The van der Waals surface area contributed by atoms with E-state index in [0.29, 0.717) is 33.7 Å². The van der Waals surface area contributed by atoms with Gasteiger partial charge in [-0.15, -0.1) is 0 Å². The molecule has 0 bridgehead atoms. The predicted molar refractivity (Wildman–Crippen MR) is 114 cm³/mol. The first-order valence-corrected chi connectivity index (χ1v) is 9.85. The van der Waals surface area contributed by atoms with Crippen LogP contribution in [0.15, 0.2) is 36.4 Å². The molecule has 0 saturated carbocycles. The Hall–Kier alpha value is -2.86. The second kappa shape index (κ2) is 7.76. The Morgan fingerprint density at radius 1 is 1.17 bits per heavy atom. The number of hydrogen-bond acceptors (Lipinski definition) is 3. The smallest absolute Gasteiger partial charge is 0.311 e. The molecular weight excluding hydrogens is 409 g/mol. The Kier molecular flexibility index (Phi) is 5.65. The van der Waals surface area contributed by atoms with Crippen molar-refractivity contribution < 1.29 is 24.2 Å². The van der Waals surface area contributed by atoms with E-state index in [0.717, 1.165) is 6.07 Å². The topological polar surface area (TPSA) is 79.5 Å². The molecule has 0 spiro atoms. The summed E-state index contributed by atoms with van der Waals surface area (Å²) in [6.45, 7) is 7.41. The fourth-order valence-electron chi connectivity index (χ4n) is 3.80. The zero-order chi connectivity index (χ0) is 22.4. The average Bonchev–Trinajstić information content (AvgIpc) is 2.90. The van der Waals surface area contributed by atoms with Gasteiger partial charge in [0.25, 0.3) is 5.91 Å². The van der Waals surface area contributed by atoms with Crippen molar-refractivity contribution in [1.82, 2.24) is 4.57 Å². The van der Waals surface area contributed by atoms with E-state index >= 15 is 0 Å². The van der Waals surface area contributed by atoms with Crippen molar-refractivity contribution in [2.45, 2.75) is 40.0 Å². The molecule has 7 heteroatoms. The van der Waals surface area contributed by atoms with Crippen LogP contribution >= 0.6 is 11.6 Å². The van der Waals surface area contributed by atoms with Gasteiger partial charge in [-0.05, 0) is 54.7 Å². The van der Waals surface area contributed by atoms with Crippen LogP contribution < -0.4 is 0 Å². The number of fused-ring (bicyclic) bond motifs is 1. The number of phenols is 1. The maximum Gasteiger partial charge on any atom is 0.311 e. The van der Waals surface area contributed by atoms with Crippen LogP contribution in [0.3, 0.4) is 0 Å². The standard InChI is InChI=1S/C23H23ClFNO4/c1-12-20(16(22(29)30)11-23(2,3)4)15-9-19(27)17(25)10-18(15)26(12)21(28)13-5-7-14(24)8-6-13/h5-10,16,27H,11H2,1-4H3,(H,29,30)/t16-/m0/s1. The summed E-state index contributed by atoms with van der Waals surface area (Å²) in [4.78, 5) is 25.4. The monoisotopic (exact) mass is 431 g/mol. The minimum atomic E-state index is -1.05. The fourth-order valence-corrected chi connectivity index (χ4v) is 3.92. The van der Waals surface area contributed by atoms with Crippen LogP contribution in [0.1, 0.15) is 54.7 Å². The Morgan fingerprint density at radius 2 is 1.77 bits per heavy atom. The van der Waals surface area contributed by atoms with Gasteiger partial charge in [-0.3, -0.25) is 14.2 Å². The number of aliphatic carboxylic acids is 1. The summed E-state index contributed by atoms with van der Waals surface area (Å²) in [6.07, 6.45) is 0.301. The molecule has 30 heavy (non-hydrogen) atoms. The summed E-state index contributed by atoms with van der Waals surface area (Å²) in [7, 11) is 0. The number of carboxylic acid groups (broad SMARTS) is 1. The zero-order valence-electron chi connectivity index (χ0n) is 17.2. The van der Waals surface area contributed by atoms with E-state index in [1.54, 1.807) is 31.2 Å². The number of halogens is 2. The van der Waals surface area contributed by atoms with Gasteiger partial charge < -0.3 is 10.2 Å². The molecule has 0 unspecified atom stereocenters. The summed E-state index contributed by atoms with van der Waals surface area (Å²) < 4.78 is 15.5. The zero-order valence-corrected chi connectivity index (χ0v) is 17.9. The predicted octanol–water partition coefficient (Wildman–Crippen LogP) is 5.74. The molecule has 0 radical (unpaired) electrons. The fraction of sp³-hybridized carbons (Fsp3) is 0.304. The molecule has 1 atom stereocenters. The number of carbonyl (C=O) groups is 2. The summed E-state index contributed by atoms with van der Waals surface area (Å²) in [5.74, 6) is -3.91. The third-order valence-corrected chi connectivity index (χ3v) is 5.33. The number of phenolic OH excluding ortho intramolecular Hbond substituents is 1. The second-order valence-electron chi connectivity index (χ2n) is 8.62. The lowest BCUT2D eigenvalue weighted by Gasteiger charge is -2.24. The van der Waals surface area contributed by atoms with E-state index in [-0.39, 0.29) is 10.9 Å². The summed E-state index contributed by atoms with van der Waals surface area (Å²) >= 11 is 5.91. The Balaban J connectivity index is 2.32. The maximum absolute atomic E-state index is 14.2. The summed E-state index contributed by atoms with van der Waals surface area (Å²) in [5, 5.41) is 20.7. The molecule has 2 N–H and O–H groups in total. The van der Waals surface area contributed by atoms with Gasteiger partial charge in [0.15, 0.2) is 11.6 Å². The van der Waals surface area contributed by atoms with E-state index in [2.05, 4.69) is 0 Å². The molecule has 0 aliphatic rings. The minimum absolute atomic E-state index is 0.206. The molecule has 0 aliphatic carbocycles. The van der Waals surface area contributed by atoms with E-state index < -0.39 is 29.4 Å². The number of benzene rings is 2. The number of nitrogens with zero attached hydrogens (tertiary/aromatic N) is 1. The van der Waals surface area contributed by atoms with Crippen LogP contribution in [-0.2, 0) is 4.79 Å². The maximum atomic E-state index is 14.2. The van der Waals surface area contributed by atoms with Gasteiger partial charge in [0.2, 0.25) is 0 Å². The van der Waals surface area contributed by atoms with Gasteiger partial charge in [0.05, 0.1) is 11.4 Å². The highest BCUT2D eigenvalue weighted by atomic mass is 35.5. The molecular formula is C23H23ClFNO4. The summed E-state index contributed by atoms with van der Waals surface area (Å²) in [5.41, 5.74) is 1.00. The van der Waals surface area contributed by atoms with Gasteiger partial charge in [0.1, 0.15) is 0 Å². The number of aromatic hydroxyl groups is 1. The van der Waals surface area contributed by atoms with Crippen LogP contribution in [0.5, 0.6) is 5.75 Å². The highest BCUT2D eigenvalue weighted by molar-refractivity contribution is 6.30. The number of rotatable bonds is 4. The number of carboxylic acids is 1. The van der Waals surface area contributed by atoms with Crippen molar-refractivity contribution in [2.24, 2.45) is 5.41 Å². The Labute approximate surface area is 178 Å². The van der Waals surface area contributed by atoms with E-state index in [1.165, 1.54) is 10.6 Å². The first-order valence-electron chi connectivity index (χ1n) is 9.47. The number of aromatic nitrogens is 1. The van der Waals surface area contributed by atoms with Crippen LogP contribution in [-0.4, -0.2) is 26.7 Å². The highest BCUT2D eigenvalue weighted by Gasteiger charge is 2.33. The third kappa shape index (κ3) is 4.05. The van der Waals surface area contributed by atoms with Gasteiger partial charge in [-0.25, -0.2) is 4.39 Å². The SMILES string of the molecule is Cc1c([C@H](CC(C)(C)C)C(=O)O)c2cc(O)c(F)cc2n1C(=O)c1ccc(Cl)cc1. The molecule has 3 rings (SSSR count). The first-order chi connectivity index (χ1) is 13.9. The first kappa shape index (κ1) is 21.8. The normalized spacial score (nSPS) is 12.9. The second-order valence-corrected chi connectivity index (χ2v) is 9.06. The van der Waals surface area contributed by atoms with Crippen LogP contribution in [0.25, 0.3) is 10.9 Å². The summed E-state index contributed by atoms with van der Waals surface area (Å²) in [6, 6.07) is 8.50. The molecule has 1 aromatic heterocycles. The van der Waals surface area contributed by atoms with Crippen LogP contribution in [0, 0.1) is 18.2 Å². The van der Waals surface area contributed by atoms with Gasteiger partial charge >= 0.3 is 5.97 Å². The van der Waals surface area contributed by atoms with Crippen molar-refractivity contribution in [3.05, 3.63) is 64.1 Å². The van der Waals surface area contributed by atoms with E-state index in [1.807, 2.05) is 20.8 Å². The van der Waals surface area contributed by atoms with Crippen molar-refractivity contribution in [3.63, 3.8) is 0 Å². The molecule has 0 aliphatic heterocycles. The van der Waals surface area contributed by atoms with E-state index in [9.17, 15) is 24.2 Å². The van der Waals surface area contributed by atoms with Gasteiger partial charge in [-0.2, -0.15) is 0 Å². The molecule has 158 valence electrons. The Bertz CT molecular complexity index is 1140. The van der Waals surface area contributed by atoms with Crippen LogP contribution in [0.4, 0.5) is 4.39 Å². The lowest BCUT2D eigenvalue weighted by Crippen LogP contribution is -2.20. The quantitative estimate of drug-likeness (QED) is 0.552. The lowest BCUT2D eigenvalue weighted by molar-refractivity contribution is -0.139. The van der Waals surface area contributed by atoms with Gasteiger partial charge in [-0.1, -0.05) is 32.4 Å². The van der Waals surface area contributed by atoms with Crippen molar-refractivity contribution in [3.8, 4) is 5.75 Å². The van der Waals surface area contributed by atoms with Crippen molar-refractivity contribution in [1.29, 1.82) is 0 Å². The van der Waals surface area contributed by atoms with Gasteiger partial charge in [0, 0.05) is 27.7 Å². The average molecular weight is 432 g/mol. The lowest BCUT2D eigenvalue weighted by atomic mass is 9.80. The van der Waals surface area contributed by atoms with Crippen molar-refractivity contribution in [2.75, 3.05) is 0 Å². The molecule has 2 aromatic carbocycles. The molecule has 0 saturated heterocycles. The molecule has 3 aromatic rings. The molecule has 0 fully saturated rings. The number of carbonyl (C=O) groups excluding carboxylic acids is 1. The largest absolute Gasteiger partial charge is 0.505 e. The molecule has 0 amide bonds. The highest BCUT2D eigenvalue weighted by Crippen LogP contribution is 2.40. The van der Waals surface area contributed by atoms with E-state index in [4.69, 9.17) is 11.6 Å². The van der Waals surface area contributed by atoms with Crippen molar-refractivity contribution >= 4 is 34.4 Å². The van der Waals surface area contributed by atoms with Crippen LogP contribution in [0.2, 0.25) is 5.02 Å². The number of hydrogen-bond donors (Lipinski definition) is 2. The third-order valence-electron chi connectivity index (χ3n) is 5.08. The minimum Gasteiger partial charge on any atom is -0.505 e.